The molecule has 5 rings (SSSR count). The van der Waals surface area contributed by atoms with Crippen LogP contribution in [-0.2, 0) is 11.3 Å². The van der Waals surface area contributed by atoms with E-state index in [9.17, 15) is 4.79 Å². The summed E-state index contributed by atoms with van der Waals surface area (Å²) in [6, 6.07) is 17.2. The van der Waals surface area contributed by atoms with Gasteiger partial charge < -0.3 is 14.8 Å². The Bertz CT molecular complexity index is 1130. The van der Waals surface area contributed by atoms with Crippen molar-refractivity contribution in [3.8, 4) is 5.75 Å². The highest BCUT2D eigenvalue weighted by Crippen LogP contribution is 2.30. The molecule has 2 saturated heterocycles. The minimum Gasteiger partial charge on any atom is -0.497 e. The van der Waals surface area contributed by atoms with E-state index in [1.807, 2.05) is 41.1 Å². The van der Waals surface area contributed by atoms with Gasteiger partial charge in [0, 0.05) is 36.1 Å². The molecule has 180 valence electrons. The second-order valence-electron chi connectivity index (χ2n) is 9.57. The predicted octanol–water partition coefficient (Wildman–Crippen LogP) is 4.18. The summed E-state index contributed by atoms with van der Waals surface area (Å²) >= 11 is 0. The lowest BCUT2D eigenvalue weighted by Gasteiger charge is -2.48. The van der Waals surface area contributed by atoms with E-state index in [-0.39, 0.29) is 30.1 Å². The van der Waals surface area contributed by atoms with Gasteiger partial charge in [0.1, 0.15) is 5.75 Å². The molecule has 1 amide bonds. The van der Waals surface area contributed by atoms with Crippen LogP contribution >= 0.6 is 0 Å². The van der Waals surface area contributed by atoms with Gasteiger partial charge in [0.15, 0.2) is 5.69 Å². The van der Waals surface area contributed by atoms with Gasteiger partial charge in [-0.15, -0.1) is 0 Å². The second kappa shape index (κ2) is 9.76. The van der Waals surface area contributed by atoms with Crippen LogP contribution in [0, 0.1) is 0 Å². The van der Waals surface area contributed by atoms with E-state index in [1.165, 1.54) is 5.56 Å². The molecule has 0 aliphatic carbocycles. The van der Waals surface area contributed by atoms with E-state index in [1.54, 1.807) is 7.11 Å². The van der Waals surface area contributed by atoms with Crippen LogP contribution in [-0.4, -0.2) is 59.0 Å². The molecule has 3 unspecified atom stereocenters. The third-order valence-electron chi connectivity index (χ3n) is 7.37. The molecule has 0 saturated carbocycles. The Hall–Kier alpha value is -2.90. The molecular weight excluding hydrogens is 428 g/mol. The largest absolute Gasteiger partial charge is 0.497 e. The lowest BCUT2D eigenvalue weighted by molar-refractivity contribution is -0.0843. The molecule has 2 fully saturated rings. The van der Waals surface area contributed by atoms with Gasteiger partial charge in [-0.3, -0.25) is 14.4 Å². The van der Waals surface area contributed by atoms with Crippen molar-refractivity contribution in [2.45, 2.75) is 63.8 Å². The number of hydrogen-bond acceptors (Lipinski definition) is 5. The fourth-order valence-electron chi connectivity index (χ4n) is 5.33. The van der Waals surface area contributed by atoms with Crippen LogP contribution in [0.4, 0.5) is 0 Å². The number of aromatic nitrogens is 2. The number of fused-ring (bicyclic) bond motifs is 3. The molecule has 2 aliphatic rings. The Labute approximate surface area is 201 Å². The maximum absolute atomic E-state index is 13.4. The topological polar surface area (TPSA) is 68.6 Å². The SMILES string of the molecule is CCC(C)n1nc(C(=O)NC2CC3COCC(C2)N3Cc2ccc(OC)cc2)c2ccccc21. The summed E-state index contributed by atoms with van der Waals surface area (Å²) in [4.78, 5) is 15.9. The molecule has 3 heterocycles. The van der Waals surface area contributed by atoms with Crippen LogP contribution in [0.2, 0.25) is 0 Å². The van der Waals surface area contributed by atoms with Gasteiger partial charge >= 0.3 is 0 Å². The molecule has 2 bridgehead atoms. The fourth-order valence-corrected chi connectivity index (χ4v) is 5.33. The van der Waals surface area contributed by atoms with Crippen molar-refractivity contribution in [3.63, 3.8) is 0 Å². The van der Waals surface area contributed by atoms with Crippen LogP contribution in [0.15, 0.2) is 48.5 Å². The third-order valence-corrected chi connectivity index (χ3v) is 7.37. The lowest BCUT2D eigenvalue weighted by atomic mass is 9.89. The predicted molar refractivity (Wildman–Crippen MR) is 132 cm³/mol. The number of para-hydroxylation sites is 1. The summed E-state index contributed by atoms with van der Waals surface area (Å²) in [6.45, 7) is 6.56. The minimum absolute atomic E-state index is 0.0779. The number of morpholine rings is 1. The minimum atomic E-state index is -0.0779. The summed E-state index contributed by atoms with van der Waals surface area (Å²) in [7, 11) is 1.69. The Balaban J connectivity index is 1.30. The first-order chi connectivity index (χ1) is 16.6. The van der Waals surface area contributed by atoms with E-state index in [0.29, 0.717) is 18.9 Å². The van der Waals surface area contributed by atoms with Gasteiger partial charge in [0.2, 0.25) is 0 Å². The number of piperidine rings is 1. The van der Waals surface area contributed by atoms with E-state index < -0.39 is 0 Å². The van der Waals surface area contributed by atoms with Gasteiger partial charge in [0.05, 0.1) is 25.8 Å². The summed E-state index contributed by atoms with van der Waals surface area (Å²) < 4.78 is 13.2. The maximum atomic E-state index is 13.4. The molecule has 0 radical (unpaired) electrons. The highest BCUT2D eigenvalue weighted by atomic mass is 16.5. The number of hydrogen-bond donors (Lipinski definition) is 1. The average molecular weight is 463 g/mol. The van der Waals surface area contributed by atoms with Crippen molar-refractivity contribution >= 4 is 16.8 Å². The Morgan fingerprint density at radius 3 is 2.53 bits per heavy atom. The van der Waals surface area contributed by atoms with Crippen LogP contribution in [0.25, 0.3) is 10.9 Å². The van der Waals surface area contributed by atoms with Gasteiger partial charge in [0.25, 0.3) is 5.91 Å². The first kappa shape index (κ1) is 22.9. The van der Waals surface area contributed by atoms with Crippen molar-refractivity contribution in [1.29, 1.82) is 0 Å². The van der Waals surface area contributed by atoms with Crippen LogP contribution in [0.3, 0.4) is 0 Å². The van der Waals surface area contributed by atoms with Gasteiger partial charge in [-0.1, -0.05) is 37.3 Å². The number of benzene rings is 2. The molecule has 1 N–H and O–H groups in total. The molecule has 3 aromatic rings. The molecular formula is C27H34N4O3. The van der Waals surface area contributed by atoms with Crippen LogP contribution in [0.5, 0.6) is 5.75 Å². The number of nitrogens with zero attached hydrogens (tertiary/aromatic N) is 3. The Morgan fingerprint density at radius 1 is 1.15 bits per heavy atom. The normalized spacial score (nSPS) is 23.6. The molecule has 2 aromatic carbocycles. The number of rotatable bonds is 7. The van der Waals surface area contributed by atoms with Crippen molar-refractivity contribution in [2.24, 2.45) is 0 Å². The van der Waals surface area contributed by atoms with Crippen LogP contribution in [0.1, 0.15) is 55.2 Å². The smallest absolute Gasteiger partial charge is 0.272 e. The number of amides is 1. The third kappa shape index (κ3) is 4.42. The Morgan fingerprint density at radius 2 is 1.85 bits per heavy atom. The summed E-state index contributed by atoms with van der Waals surface area (Å²) in [6.07, 6.45) is 2.72. The number of carbonyl (C=O) groups is 1. The molecule has 34 heavy (non-hydrogen) atoms. The van der Waals surface area contributed by atoms with Crippen molar-refractivity contribution in [2.75, 3.05) is 20.3 Å². The second-order valence-corrected chi connectivity index (χ2v) is 9.57. The number of methoxy groups -OCH3 is 1. The van der Waals surface area contributed by atoms with Crippen LogP contribution < -0.4 is 10.1 Å². The standard InChI is InChI=1S/C27H34N4O3/c1-4-18(2)31-25-8-6-5-7-24(25)26(29-31)27(32)28-20-13-21-16-34-17-22(14-20)30(21)15-19-9-11-23(33-3)12-10-19/h5-12,18,20-22H,4,13-17H2,1-3H3,(H,28,32). The van der Waals surface area contributed by atoms with E-state index in [0.717, 1.165) is 42.5 Å². The zero-order valence-electron chi connectivity index (χ0n) is 20.2. The first-order valence-corrected chi connectivity index (χ1v) is 12.3. The number of carbonyl (C=O) groups excluding carboxylic acids is 1. The summed E-state index contributed by atoms with van der Waals surface area (Å²) in [5.41, 5.74) is 2.81. The van der Waals surface area contributed by atoms with E-state index in [2.05, 4.69) is 36.2 Å². The quantitative estimate of drug-likeness (QED) is 0.571. The monoisotopic (exact) mass is 462 g/mol. The average Bonchev–Trinajstić information content (AvgIpc) is 3.24. The summed E-state index contributed by atoms with van der Waals surface area (Å²) in [5.74, 6) is 0.794. The van der Waals surface area contributed by atoms with Crippen molar-refractivity contribution in [1.82, 2.24) is 20.0 Å². The van der Waals surface area contributed by atoms with Crippen molar-refractivity contribution in [3.05, 3.63) is 59.8 Å². The highest BCUT2D eigenvalue weighted by molar-refractivity contribution is 6.05. The van der Waals surface area contributed by atoms with E-state index >= 15 is 0 Å². The van der Waals surface area contributed by atoms with E-state index in [4.69, 9.17) is 14.6 Å². The zero-order valence-corrected chi connectivity index (χ0v) is 20.2. The first-order valence-electron chi connectivity index (χ1n) is 12.3. The lowest BCUT2D eigenvalue weighted by Crippen LogP contribution is -2.60. The molecule has 3 atom stereocenters. The molecule has 0 spiro atoms. The Kier molecular flexibility index (Phi) is 6.57. The maximum Gasteiger partial charge on any atom is 0.272 e. The molecule has 7 heteroatoms. The number of nitrogens with one attached hydrogen (secondary N) is 1. The molecule has 2 aliphatic heterocycles. The van der Waals surface area contributed by atoms with Gasteiger partial charge in [-0.2, -0.15) is 5.10 Å². The highest BCUT2D eigenvalue weighted by Gasteiger charge is 2.39. The number of ether oxygens (including phenoxy) is 2. The molecule has 7 nitrogen and oxygen atoms in total. The van der Waals surface area contributed by atoms with Crippen molar-refractivity contribution < 1.29 is 14.3 Å². The zero-order chi connectivity index (χ0) is 23.7. The van der Waals surface area contributed by atoms with Gasteiger partial charge in [-0.05, 0) is 49.9 Å². The van der Waals surface area contributed by atoms with Gasteiger partial charge in [-0.25, -0.2) is 0 Å². The molecule has 1 aromatic heterocycles. The summed E-state index contributed by atoms with van der Waals surface area (Å²) in [5, 5.41) is 8.97. The fraction of sp³-hybridized carbons (Fsp3) is 0.481.